The molecule has 0 radical (unpaired) electrons. The first-order valence-corrected chi connectivity index (χ1v) is 6.48. The van der Waals surface area contributed by atoms with Crippen molar-refractivity contribution in [3.8, 4) is 11.5 Å². The second kappa shape index (κ2) is 7.97. The lowest BCUT2D eigenvalue weighted by atomic mass is 10.1. The lowest BCUT2D eigenvalue weighted by molar-refractivity contribution is 0.0930. The Morgan fingerprint density at radius 1 is 1.30 bits per heavy atom. The molecule has 1 heterocycles. The first-order valence-electron chi connectivity index (χ1n) is 6.48. The van der Waals surface area contributed by atoms with E-state index < -0.39 is 0 Å². The van der Waals surface area contributed by atoms with Crippen LogP contribution in [0, 0.1) is 0 Å². The van der Waals surface area contributed by atoms with E-state index in [2.05, 4.69) is 10.6 Å². The molecule has 2 N–H and O–H groups in total. The monoisotopic (exact) mass is 300 g/mol. The van der Waals surface area contributed by atoms with Gasteiger partial charge in [0.05, 0.1) is 14.2 Å². The van der Waals surface area contributed by atoms with E-state index in [0.29, 0.717) is 17.1 Å². The minimum atomic E-state index is -0.0744. The van der Waals surface area contributed by atoms with Gasteiger partial charge in [0.25, 0.3) is 5.91 Å². The largest absolute Gasteiger partial charge is 0.493 e. The smallest absolute Gasteiger partial charge is 0.251 e. The highest BCUT2D eigenvalue weighted by Gasteiger charge is 2.17. The molecule has 6 heteroatoms. The van der Waals surface area contributed by atoms with Crippen molar-refractivity contribution in [1.82, 2.24) is 10.6 Å². The summed E-state index contributed by atoms with van der Waals surface area (Å²) in [6, 6.07) is 5.39. The number of hydrogen-bond donors (Lipinski definition) is 2. The Labute approximate surface area is 125 Å². The number of carbonyl (C=O) groups excluding carboxylic acids is 1. The Morgan fingerprint density at radius 3 is 2.65 bits per heavy atom. The van der Waals surface area contributed by atoms with E-state index >= 15 is 0 Å². The molecule has 1 atom stereocenters. The number of halogens is 1. The molecule has 0 saturated carbocycles. The average molecular weight is 301 g/mol. The van der Waals surface area contributed by atoms with Crippen LogP contribution in [0.4, 0.5) is 0 Å². The molecule has 1 fully saturated rings. The van der Waals surface area contributed by atoms with Gasteiger partial charge >= 0.3 is 0 Å². The van der Waals surface area contributed by atoms with Crippen LogP contribution in [0.1, 0.15) is 23.2 Å². The molecule has 5 nitrogen and oxygen atoms in total. The summed E-state index contributed by atoms with van der Waals surface area (Å²) < 4.78 is 10.4. The molecule has 1 unspecified atom stereocenters. The summed E-state index contributed by atoms with van der Waals surface area (Å²) in [7, 11) is 3.13. The molecule has 1 aromatic rings. The third-order valence-electron chi connectivity index (χ3n) is 3.28. The van der Waals surface area contributed by atoms with E-state index in [4.69, 9.17) is 9.47 Å². The molecule has 0 bridgehead atoms. The highest BCUT2D eigenvalue weighted by atomic mass is 35.5. The first-order chi connectivity index (χ1) is 9.24. The van der Waals surface area contributed by atoms with E-state index in [1.807, 2.05) is 0 Å². The summed E-state index contributed by atoms with van der Waals surface area (Å²) in [6.45, 7) is 1.86. The molecule has 0 aliphatic carbocycles. The zero-order valence-electron chi connectivity index (χ0n) is 11.8. The van der Waals surface area contributed by atoms with Crippen molar-refractivity contribution in [2.75, 3.05) is 27.3 Å². The van der Waals surface area contributed by atoms with Gasteiger partial charge in [-0.05, 0) is 37.6 Å². The van der Waals surface area contributed by atoms with Crippen molar-refractivity contribution in [3.63, 3.8) is 0 Å². The summed E-state index contributed by atoms with van der Waals surface area (Å²) in [5.41, 5.74) is 0.586. The molecule has 1 aromatic carbocycles. The zero-order chi connectivity index (χ0) is 13.7. The summed E-state index contributed by atoms with van der Waals surface area (Å²) in [5, 5.41) is 6.30. The summed E-state index contributed by atoms with van der Waals surface area (Å²) in [6.07, 6.45) is 2.11. The Morgan fingerprint density at radius 2 is 2.05 bits per heavy atom. The summed E-state index contributed by atoms with van der Waals surface area (Å²) in [5.74, 6) is 1.12. The number of piperidine rings is 1. The van der Waals surface area contributed by atoms with Crippen LogP contribution in [0.15, 0.2) is 18.2 Å². The maximum absolute atomic E-state index is 12.1. The van der Waals surface area contributed by atoms with Gasteiger partial charge in [-0.25, -0.2) is 0 Å². The normalized spacial score (nSPS) is 17.8. The predicted molar refractivity (Wildman–Crippen MR) is 80.2 cm³/mol. The molecular weight excluding hydrogens is 280 g/mol. The minimum Gasteiger partial charge on any atom is -0.493 e. The second-order valence-electron chi connectivity index (χ2n) is 4.59. The van der Waals surface area contributed by atoms with Gasteiger partial charge in [0.15, 0.2) is 11.5 Å². The molecule has 0 spiro atoms. The van der Waals surface area contributed by atoms with Gasteiger partial charge in [-0.3, -0.25) is 4.79 Å². The Bertz CT molecular complexity index is 448. The maximum Gasteiger partial charge on any atom is 0.251 e. The number of benzene rings is 1. The predicted octanol–water partition coefficient (Wildman–Crippen LogP) is 1.61. The molecule has 20 heavy (non-hydrogen) atoms. The minimum absolute atomic E-state index is 0. The van der Waals surface area contributed by atoms with Gasteiger partial charge in [-0.2, -0.15) is 0 Å². The van der Waals surface area contributed by atoms with Gasteiger partial charge < -0.3 is 20.1 Å². The topological polar surface area (TPSA) is 59.6 Å². The highest BCUT2D eigenvalue weighted by Crippen LogP contribution is 2.27. The van der Waals surface area contributed by atoms with E-state index in [9.17, 15) is 4.79 Å². The van der Waals surface area contributed by atoms with Crippen LogP contribution in [0.3, 0.4) is 0 Å². The van der Waals surface area contributed by atoms with E-state index in [1.165, 1.54) is 0 Å². The van der Waals surface area contributed by atoms with Crippen molar-refractivity contribution in [1.29, 1.82) is 0 Å². The molecular formula is C14H21ClN2O3. The van der Waals surface area contributed by atoms with Gasteiger partial charge in [0, 0.05) is 18.2 Å². The summed E-state index contributed by atoms with van der Waals surface area (Å²) >= 11 is 0. The number of ether oxygens (including phenoxy) is 2. The number of hydrogen-bond acceptors (Lipinski definition) is 4. The zero-order valence-corrected chi connectivity index (χ0v) is 12.6. The quantitative estimate of drug-likeness (QED) is 0.887. The fourth-order valence-electron chi connectivity index (χ4n) is 2.22. The lowest BCUT2D eigenvalue weighted by Crippen LogP contribution is -2.45. The lowest BCUT2D eigenvalue weighted by Gasteiger charge is -2.23. The number of rotatable bonds is 4. The van der Waals surface area contributed by atoms with Gasteiger partial charge in [0.2, 0.25) is 0 Å². The van der Waals surface area contributed by atoms with Gasteiger partial charge in [-0.1, -0.05) is 0 Å². The fraction of sp³-hybridized carbons (Fsp3) is 0.500. The van der Waals surface area contributed by atoms with Crippen molar-refractivity contribution in [2.45, 2.75) is 18.9 Å². The SMILES string of the molecule is COc1ccc(C(=O)NC2CCCNC2)cc1OC.Cl. The molecule has 2 rings (SSSR count). The van der Waals surface area contributed by atoms with Crippen LogP contribution in [-0.2, 0) is 0 Å². The van der Waals surface area contributed by atoms with Crippen molar-refractivity contribution < 1.29 is 14.3 Å². The standard InChI is InChI=1S/C14H20N2O3.ClH/c1-18-12-6-5-10(8-13(12)19-2)14(17)16-11-4-3-7-15-9-11;/h5-6,8,11,15H,3-4,7,9H2,1-2H3,(H,16,17);1H. The first kappa shape index (κ1) is 16.6. The van der Waals surface area contributed by atoms with Crippen LogP contribution < -0.4 is 20.1 Å². The van der Waals surface area contributed by atoms with E-state index in [0.717, 1.165) is 25.9 Å². The number of carbonyl (C=O) groups is 1. The third-order valence-corrected chi connectivity index (χ3v) is 3.28. The maximum atomic E-state index is 12.1. The summed E-state index contributed by atoms with van der Waals surface area (Å²) in [4.78, 5) is 12.1. The number of methoxy groups -OCH3 is 2. The van der Waals surface area contributed by atoms with Crippen LogP contribution in [0.25, 0.3) is 0 Å². The molecule has 112 valence electrons. The number of amides is 1. The Balaban J connectivity index is 0.00000200. The fourth-order valence-corrected chi connectivity index (χ4v) is 2.22. The van der Waals surface area contributed by atoms with E-state index in [-0.39, 0.29) is 24.4 Å². The van der Waals surface area contributed by atoms with Crippen LogP contribution >= 0.6 is 12.4 Å². The van der Waals surface area contributed by atoms with Crippen LogP contribution in [-0.4, -0.2) is 39.3 Å². The van der Waals surface area contributed by atoms with Crippen LogP contribution in [0.2, 0.25) is 0 Å². The third kappa shape index (κ3) is 4.02. The molecule has 0 aromatic heterocycles. The van der Waals surface area contributed by atoms with Crippen molar-refractivity contribution in [3.05, 3.63) is 23.8 Å². The van der Waals surface area contributed by atoms with Crippen molar-refractivity contribution >= 4 is 18.3 Å². The van der Waals surface area contributed by atoms with Crippen molar-refractivity contribution in [2.24, 2.45) is 0 Å². The Hall–Kier alpha value is -1.46. The van der Waals surface area contributed by atoms with Gasteiger partial charge in [0.1, 0.15) is 0 Å². The number of nitrogens with one attached hydrogen (secondary N) is 2. The molecule has 1 saturated heterocycles. The second-order valence-corrected chi connectivity index (χ2v) is 4.59. The average Bonchev–Trinajstić information content (AvgIpc) is 2.47. The Kier molecular flexibility index (Phi) is 6.61. The molecule has 1 aliphatic heterocycles. The van der Waals surface area contributed by atoms with Gasteiger partial charge in [-0.15, -0.1) is 12.4 Å². The molecule has 1 amide bonds. The van der Waals surface area contributed by atoms with Crippen LogP contribution in [0.5, 0.6) is 11.5 Å². The molecule has 1 aliphatic rings. The van der Waals surface area contributed by atoms with E-state index in [1.54, 1.807) is 32.4 Å². The highest BCUT2D eigenvalue weighted by molar-refractivity contribution is 5.95.